The van der Waals surface area contributed by atoms with Crippen LogP contribution in [0.2, 0.25) is 0 Å². The SMILES string of the molecule is Cc1cc(F)ccc1-c1cc(N2CCC(O)C2CO)ncc1N(C)C(=O)C(C)C. The number of hydrogen-bond acceptors (Lipinski definition) is 5. The first kappa shape index (κ1) is 21.2. The van der Waals surface area contributed by atoms with E-state index < -0.39 is 12.1 Å². The Labute approximate surface area is 170 Å². The first-order valence-electron chi connectivity index (χ1n) is 9.84. The van der Waals surface area contributed by atoms with Gasteiger partial charge in [-0.2, -0.15) is 0 Å². The van der Waals surface area contributed by atoms with Crippen LogP contribution in [0, 0.1) is 18.7 Å². The van der Waals surface area contributed by atoms with E-state index in [1.165, 1.54) is 12.1 Å². The number of pyridine rings is 1. The minimum Gasteiger partial charge on any atom is -0.394 e. The lowest BCUT2D eigenvalue weighted by Gasteiger charge is -2.28. The number of aliphatic hydroxyl groups excluding tert-OH is 2. The van der Waals surface area contributed by atoms with E-state index in [9.17, 15) is 19.4 Å². The Morgan fingerprint density at radius 1 is 1.34 bits per heavy atom. The number of hydrogen-bond donors (Lipinski definition) is 2. The van der Waals surface area contributed by atoms with Crippen molar-refractivity contribution in [1.82, 2.24) is 4.98 Å². The molecule has 0 aliphatic carbocycles. The fraction of sp³-hybridized carbons (Fsp3) is 0.455. The van der Waals surface area contributed by atoms with Crippen LogP contribution in [-0.2, 0) is 4.79 Å². The van der Waals surface area contributed by atoms with Crippen molar-refractivity contribution >= 4 is 17.4 Å². The van der Waals surface area contributed by atoms with Gasteiger partial charge < -0.3 is 20.0 Å². The quantitative estimate of drug-likeness (QED) is 0.806. The molecule has 2 atom stereocenters. The summed E-state index contributed by atoms with van der Waals surface area (Å²) in [6.45, 7) is 5.88. The minimum absolute atomic E-state index is 0.0506. The van der Waals surface area contributed by atoms with Gasteiger partial charge in [0.15, 0.2) is 0 Å². The van der Waals surface area contributed by atoms with E-state index >= 15 is 0 Å². The Morgan fingerprint density at radius 2 is 2.07 bits per heavy atom. The van der Waals surface area contributed by atoms with Gasteiger partial charge in [-0.1, -0.05) is 19.9 Å². The van der Waals surface area contributed by atoms with Crippen LogP contribution >= 0.6 is 0 Å². The molecule has 2 unspecified atom stereocenters. The molecule has 1 saturated heterocycles. The topological polar surface area (TPSA) is 76.9 Å². The summed E-state index contributed by atoms with van der Waals surface area (Å²) in [6.07, 6.45) is 1.56. The molecule has 29 heavy (non-hydrogen) atoms. The molecule has 2 heterocycles. The van der Waals surface area contributed by atoms with E-state index in [2.05, 4.69) is 4.98 Å². The Morgan fingerprint density at radius 3 is 2.69 bits per heavy atom. The average molecular weight is 401 g/mol. The van der Waals surface area contributed by atoms with Crippen LogP contribution in [0.3, 0.4) is 0 Å². The molecule has 7 heteroatoms. The third kappa shape index (κ3) is 4.11. The van der Waals surface area contributed by atoms with Crippen LogP contribution in [0.5, 0.6) is 0 Å². The van der Waals surface area contributed by atoms with E-state index in [-0.39, 0.29) is 24.2 Å². The lowest BCUT2D eigenvalue weighted by molar-refractivity contribution is -0.121. The molecule has 0 spiro atoms. The smallest absolute Gasteiger partial charge is 0.229 e. The molecule has 0 bridgehead atoms. The molecular formula is C22H28FN3O3. The van der Waals surface area contributed by atoms with Gasteiger partial charge in [-0.05, 0) is 42.7 Å². The zero-order valence-electron chi connectivity index (χ0n) is 17.3. The Kier molecular flexibility index (Phi) is 6.19. The number of aromatic nitrogens is 1. The summed E-state index contributed by atoms with van der Waals surface area (Å²) in [5.74, 6) is 0.0462. The first-order chi connectivity index (χ1) is 13.7. The van der Waals surface area contributed by atoms with Gasteiger partial charge in [-0.15, -0.1) is 0 Å². The summed E-state index contributed by atoms with van der Waals surface area (Å²) in [5, 5.41) is 19.8. The molecule has 1 aromatic carbocycles. The maximum atomic E-state index is 13.7. The van der Waals surface area contributed by atoms with Crippen LogP contribution in [-0.4, -0.2) is 53.4 Å². The summed E-state index contributed by atoms with van der Waals surface area (Å²) in [7, 11) is 1.71. The summed E-state index contributed by atoms with van der Waals surface area (Å²) >= 11 is 0. The zero-order valence-corrected chi connectivity index (χ0v) is 17.3. The molecule has 1 aliphatic rings. The third-order valence-electron chi connectivity index (χ3n) is 5.52. The molecule has 1 aromatic heterocycles. The van der Waals surface area contributed by atoms with Crippen molar-refractivity contribution in [3.8, 4) is 11.1 Å². The number of aryl methyl sites for hydroxylation is 1. The number of carbonyl (C=O) groups excluding carboxylic acids is 1. The van der Waals surface area contributed by atoms with Gasteiger partial charge in [0.1, 0.15) is 11.6 Å². The van der Waals surface area contributed by atoms with Crippen LogP contribution < -0.4 is 9.80 Å². The standard InChI is InChI=1S/C22H28FN3O3/c1-13(2)22(29)25(4)18-11-24-21(26-8-7-20(28)19(26)12-27)10-17(18)16-6-5-15(23)9-14(16)3/h5-6,9-11,13,19-20,27-28H,7-8,12H2,1-4H3. The van der Waals surface area contributed by atoms with E-state index in [0.717, 1.165) is 16.7 Å². The van der Waals surface area contributed by atoms with E-state index in [4.69, 9.17) is 0 Å². The maximum Gasteiger partial charge on any atom is 0.229 e. The Hall–Kier alpha value is -2.51. The zero-order chi connectivity index (χ0) is 21.3. The van der Waals surface area contributed by atoms with E-state index in [1.807, 2.05) is 31.7 Å². The molecule has 0 radical (unpaired) electrons. The van der Waals surface area contributed by atoms with Crippen molar-refractivity contribution in [3.63, 3.8) is 0 Å². The first-order valence-corrected chi connectivity index (χ1v) is 9.84. The second kappa shape index (κ2) is 8.47. The largest absolute Gasteiger partial charge is 0.394 e. The van der Waals surface area contributed by atoms with Crippen LogP contribution in [0.25, 0.3) is 11.1 Å². The number of nitrogens with zero attached hydrogens (tertiary/aromatic N) is 3. The predicted molar refractivity (Wildman–Crippen MR) is 111 cm³/mol. The van der Waals surface area contributed by atoms with Crippen molar-refractivity contribution in [2.24, 2.45) is 5.92 Å². The highest BCUT2D eigenvalue weighted by atomic mass is 19.1. The normalized spacial score (nSPS) is 19.1. The number of aliphatic hydroxyl groups is 2. The van der Waals surface area contributed by atoms with Gasteiger partial charge in [0, 0.05) is 25.1 Å². The van der Waals surface area contributed by atoms with Crippen molar-refractivity contribution < 1.29 is 19.4 Å². The predicted octanol–water partition coefficient (Wildman–Crippen LogP) is 2.75. The summed E-state index contributed by atoms with van der Waals surface area (Å²) < 4.78 is 13.7. The number of rotatable bonds is 5. The Bertz CT molecular complexity index is 903. The molecule has 156 valence electrons. The fourth-order valence-electron chi connectivity index (χ4n) is 3.85. The number of carbonyl (C=O) groups is 1. The van der Waals surface area contributed by atoms with Crippen molar-refractivity contribution in [2.75, 3.05) is 30.0 Å². The lowest BCUT2D eigenvalue weighted by atomic mass is 9.98. The van der Waals surface area contributed by atoms with Gasteiger partial charge in [0.2, 0.25) is 5.91 Å². The monoisotopic (exact) mass is 401 g/mol. The van der Waals surface area contributed by atoms with Gasteiger partial charge in [0.25, 0.3) is 0 Å². The molecule has 1 aliphatic heterocycles. The van der Waals surface area contributed by atoms with Gasteiger partial charge in [-0.25, -0.2) is 9.37 Å². The van der Waals surface area contributed by atoms with Crippen LogP contribution in [0.15, 0.2) is 30.5 Å². The Balaban J connectivity index is 2.13. The van der Waals surface area contributed by atoms with Crippen molar-refractivity contribution in [3.05, 3.63) is 41.8 Å². The number of anilines is 2. The van der Waals surface area contributed by atoms with Crippen molar-refractivity contribution in [1.29, 1.82) is 0 Å². The molecule has 2 N–H and O–H groups in total. The molecule has 2 aromatic rings. The highest BCUT2D eigenvalue weighted by Gasteiger charge is 2.33. The van der Waals surface area contributed by atoms with E-state index in [0.29, 0.717) is 24.5 Å². The summed E-state index contributed by atoms with van der Waals surface area (Å²) in [4.78, 5) is 20.6. The third-order valence-corrected chi connectivity index (χ3v) is 5.52. The number of halogens is 1. The second-order valence-corrected chi connectivity index (χ2v) is 7.87. The number of benzene rings is 1. The van der Waals surface area contributed by atoms with Crippen LogP contribution in [0.1, 0.15) is 25.8 Å². The lowest BCUT2D eigenvalue weighted by Crippen LogP contribution is -2.38. The molecule has 6 nitrogen and oxygen atoms in total. The molecule has 0 saturated carbocycles. The molecule has 3 rings (SSSR count). The van der Waals surface area contributed by atoms with Crippen molar-refractivity contribution in [2.45, 2.75) is 39.3 Å². The number of amides is 1. The maximum absolute atomic E-state index is 13.7. The summed E-state index contributed by atoms with van der Waals surface area (Å²) in [6, 6.07) is 5.97. The highest BCUT2D eigenvalue weighted by molar-refractivity contribution is 5.98. The second-order valence-electron chi connectivity index (χ2n) is 7.87. The molecule has 1 amide bonds. The minimum atomic E-state index is -0.623. The van der Waals surface area contributed by atoms with Gasteiger partial charge in [0.05, 0.1) is 30.6 Å². The average Bonchev–Trinajstić information content (AvgIpc) is 3.06. The highest BCUT2D eigenvalue weighted by Crippen LogP contribution is 2.36. The van der Waals surface area contributed by atoms with Crippen LogP contribution in [0.4, 0.5) is 15.9 Å². The van der Waals surface area contributed by atoms with Gasteiger partial charge in [-0.3, -0.25) is 4.79 Å². The summed E-state index contributed by atoms with van der Waals surface area (Å²) in [5.41, 5.74) is 2.92. The van der Waals surface area contributed by atoms with E-state index in [1.54, 1.807) is 24.2 Å². The molecule has 1 fully saturated rings. The van der Waals surface area contributed by atoms with Gasteiger partial charge >= 0.3 is 0 Å². The molecular weight excluding hydrogens is 373 g/mol. The fourth-order valence-corrected chi connectivity index (χ4v) is 3.85.